The molecule has 0 aliphatic heterocycles. The lowest BCUT2D eigenvalue weighted by molar-refractivity contribution is 0.0954. The molecule has 0 spiro atoms. The van der Waals surface area contributed by atoms with Gasteiger partial charge in [0.2, 0.25) is 0 Å². The lowest BCUT2D eigenvalue weighted by Gasteiger charge is -2.13. The number of guanidine groups is 1. The van der Waals surface area contributed by atoms with Crippen molar-refractivity contribution in [2.45, 2.75) is 20.0 Å². The topological polar surface area (TPSA) is 85.8 Å². The van der Waals surface area contributed by atoms with Crippen LogP contribution in [0.4, 0.5) is 4.39 Å². The molecule has 2 aromatic rings. The third-order valence-electron chi connectivity index (χ3n) is 3.83. The highest BCUT2D eigenvalue weighted by molar-refractivity contribution is 7.16. The molecule has 0 saturated heterocycles. The van der Waals surface area contributed by atoms with Crippen LogP contribution >= 0.6 is 22.9 Å². The van der Waals surface area contributed by atoms with Crippen LogP contribution in [0.3, 0.4) is 0 Å². The van der Waals surface area contributed by atoms with E-state index in [1.165, 1.54) is 17.4 Å². The van der Waals surface area contributed by atoms with Gasteiger partial charge in [0, 0.05) is 30.1 Å². The molecule has 0 fully saturated rings. The number of nitrogens with zero attached hydrogens (tertiary/aromatic N) is 1. The average Bonchev–Trinajstić information content (AvgIpc) is 3.11. The molecule has 0 radical (unpaired) electrons. The summed E-state index contributed by atoms with van der Waals surface area (Å²) < 4.78 is 14.2. The highest BCUT2D eigenvalue weighted by atomic mass is 35.5. The number of nitrogens with one attached hydrogen (secondary N) is 3. The number of carbonyl (C=O) groups is 1. The number of aliphatic hydroxyl groups is 1. The van der Waals surface area contributed by atoms with Crippen LogP contribution in [-0.2, 0) is 0 Å². The van der Waals surface area contributed by atoms with Crippen LogP contribution < -0.4 is 16.0 Å². The SMILES string of the molecule is CCNC(=NCC(O)c1ccc(Cl)s1)NCCNC(=O)c1ccc(C)c(F)c1. The fraction of sp³-hybridized carbons (Fsp3) is 0.368. The lowest BCUT2D eigenvalue weighted by Crippen LogP contribution is -2.41. The van der Waals surface area contributed by atoms with Gasteiger partial charge in [0.05, 0.1) is 10.9 Å². The highest BCUT2D eigenvalue weighted by Gasteiger charge is 2.11. The van der Waals surface area contributed by atoms with Crippen LogP contribution in [0.15, 0.2) is 35.3 Å². The van der Waals surface area contributed by atoms with Crippen molar-refractivity contribution in [2.75, 3.05) is 26.2 Å². The molecule has 1 aromatic heterocycles. The number of hydrogen-bond acceptors (Lipinski definition) is 4. The van der Waals surface area contributed by atoms with Gasteiger partial charge < -0.3 is 21.1 Å². The Morgan fingerprint density at radius 2 is 2.00 bits per heavy atom. The predicted molar refractivity (Wildman–Crippen MR) is 112 cm³/mol. The Morgan fingerprint density at radius 3 is 2.64 bits per heavy atom. The van der Waals surface area contributed by atoms with E-state index in [1.54, 1.807) is 31.2 Å². The monoisotopic (exact) mass is 426 g/mol. The summed E-state index contributed by atoms with van der Waals surface area (Å²) >= 11 is 7.20. The quantitative estimate of drug-likeness (QED) is 0.297. The largest absolute Gasteiger partial charge is 0.386 e. The molecule has 1 aromatic carbocycles. The summed E-state index contributed by atoms with van der Waals surface area (Å²) in [5, 5.41) is 19.0. The molecule has 6 nitrogen and oxygen atoms in total. The Labute approximate surface area is 172 Å². The van der Waals surface area contributed by atoms with Crippen LogP contribution in [0.2, 0.25) is 4.34 Å². The van der Waals surface area contributed by atoms with E-state index in [0.29, 0.717) is 35.5 Å². The van der Waals surface area contributed by atoms with E-state index in [-0.39, 0.29) is 18.0 Å². The molecular formula is C19H24ClFN4O2S. The number of halogens is 2. The molecule has 2 rings (SSSR count). The first-order chi connectivity index (χ1) is 13.4. The van der Waals surface area contributed by atoms with Crippen LogP contribution in [-0.4, -0.2) is 43.2 Å². The molecular weight excluding hydrogens is 403 g/mol. The average molecular weight is 427 g/mol. The van der Waals surface area contributed by atoms with Crippen LogP contribution in [0.1, 0.15) is 33.8 Å². The van der Waals surface area contributed by atoms with Gasteiger partial charge in [-0.05, 0) is 43.7 Å². The molecule has 1 amide bonds. The van der Waals surface area contributed by atoms with Crippen molar-refractivity contribution in [3.63, 3.8) is 0 Å². The molecule has 4 N–H and O–H groups in total. The van der Waals surface area contributed by atoms with Crippen LogP contribution in [0.5, 0.6) is 0 Å². The van der Waals surface area contributed by atoms with Crippen molar-refractivity contribution in [3.05, 3.63) is 56.5 Å². The maximum Gasteiger partial charge on any atom is 0.251 e. The van der Waals surface area contributed by atoms with Crippen molar-refractivity contribution in [2.24, 2.45) is 4.99 Å². The van der Waals surface area contributed by atoms with Crippen molar-refractivity contribution in [1.29, 1.82) is 0 Å². The zero-order chi connectivity index (χ0) is 20.5. The number of hydrogen-bond donors (Lipinski definition) is 4. The predicted octanol–water partition coefficient (Wildman–Crippen LogP) is 2.87. The van der Waals surface area contributed by atoms with Gasteiger partial charge in [-0.2, -0.15) is 0 Å². The summed E-state index contributed by atoms with van der Waals surface area (Å²) in [5.74, 6) is -0.217. The number of aryl methyl sites for hydroxylation is 1. The zero-order valence-electron chi connectivity index (χ0n) is 15.8. The third-order valence-corrected chi connectivity index (χ3v) is 5.16. The molecule has 0 aliphatic rings. The van der Waals surface area contributed by atoms with Gasteiger partial charge in [0.1, 0.15) is 11.9 Å². The minimum absolute atomic E-state index is 0.182. The summed E-state index contributed by atoms with van der Waals surface area (Å²) in [6.07, 6.45) is -0.732. The standard InChI is InChI=1S/C19H24ClFN4O2S/c1-3-22-19(25-11-15(26)16-6-7-17(20)28-16)24-9-8-23-18(27)13-5-4-12(2)14(21)10-13/h4-7,10,15,26H,3,8-9,11H2,1-2H3,(H,23,27)(H2,22,24,25). The van der Waals surface area contributed by atoms with E-state index in [2.05, 4.69) is 20.9 Å². The molecule has 0 saturated carbocycles. The number of aliphatic hydroxyl groups excluding tert-OH is 1. The van der Waals surface area contributed by atoms with Crippen LogP contribution in [0, 0.1) is 12.7 Å². The van der Waals surface area contributed by atoms with Crippen molar-refractivity contribution in [1.82, 2.24) is 16.0 Å². The van der Waals surface area contributed by atoms with Crippen molar-refractivity contribution < 1.29 is 14.3 Å². The van der Waals surface area contributed by atoms with E-state index in [0.717, 1.165) is 4.88 Å². The maximum atomic E-state index is 13.5. The number of thiophene rings is 1. The first-order valence-electron chi connectivity index (χ1n) is 8.90. The minimum atomic E-state index is -0.732. The van der Waals surface area contributed by atoms with Gasteiger partial charge in [-0.15, -0.1) is 11.3 Å². The van der Waals surface area contributed by atoms with E-state index in [1.807, 2.05) is 6.92 Å². The molecule has 1 unspecified atom stereocenters. The summed E-state index contributed by atoms with van der Waals surface area (Å²) in [7, 11) is 0. The van der Waals surface area contributed by atoms with Gasteiger partial charge in [-0.25, -0.2) is 4.39 Å². The Balaban J connectivity index is 1.80. The Morgan fingerprint density at radius 1 is 1.25 bits per heavy atom. The van der Waals surface area contributed by atoms with E-state index in [9.17, 15) is 14.3 Å². The van der Waals surface area contributed by atoms with Gasteiger partial charge in [-0.1, -0.05) is 17.7 Å². The molecule has 9 heteroatoms. The zero-order valence-corrected chi connectivity index (χ0v) is 17.3. The fourth-order valence-electron chi connectivity index (χ4n) is 2.31. The third kappa shape index (κ3) is 6.78. The normalized spacial score (nSPS) is 12.5. The Hall–Kier alpha value is -2.16. The Bertz CT molecular complexity index is 828. The molecule has 28 heavy (non-hydrogen) atoms. The van der Waals surface area contributed by atoms with Crippen molar-refractivity contribution >= 4 is 34.8 Å². The van der Waals surface area contributed by atoms with E-state index >= 15 is 0 Å². The van der Waals surface area contributed by atoms with Crippen molar-refractivity contribution in [3.8, 4) is 0 Å². The van der Waals surface area contributed by atoms with Gasteiger partial charge in [0.15, 0.2) is 5.96 Å². The second kappa shape index (κ2) is 11.0. The number of aliphatic imine (C=N–C) groups is 1. The summed E-state index contributed by atoms with van der Waals surface area (Å²) in [5.41, 5.74) is 0.776. The number of benzene rings is 1. The first-order valence-corrected chi connectivity index (χ1v) is 10.1. The van der Waals surface area contributed by atoms with E-state index in [4.69, 9.17) is 11.6 Å². The smallest absolute Gasteiger partial charge is 0.251 e. The summed E-state index contributed by atoms with van der Waals surface area (Å²) in [6.45, 7) is 5.17. The fourth-order valence-corrected chi connectivity index (χ4v) is 3.35. The summed E-state index contributed by atoms with van der Waals surface area (Å²) in [6, 6.07) is 7.90. The molecule has 1 atom stereocenters. The second-order valence-electron chi connectivity index (χ2n) is 6.02. The molecule has 1 heterocycles. The minimum Gasteiger partial charge on any atom is -0.386 e. The lowest BCUT2D eigenvalue weighted by atomic mass is 10.1. The summed E-state index contributed by atoms with van der Waals surface area (Å²) in [4.78, 5) is 17.2. The highest BCUT2D eigenvalue weighted by Crippen LogP contribution is 2.26. The van der Waals surface area contributed by atoms with Gasteiger partial charge >= 0.3 is 0 Å². The Kier molecular flexibility index (Phi) is 8.69. The van der Waals surface area contributed by atoms with Gasteiger partial charge in [0.25, 0.3) is 5.91 Å². The van der Waals surface area contributed by atoms with Crippen LogP contribution in [0.25, 0.3) is 0 Å². The second-order valence-corrected chi connectivity index (χ2v) is 7.77. The first kappa shape index (κ1) is 22.1. The molecule has 0 bridgehead atoms. The van der Waals surface area contributed by atoms with Gasteiger partial charge in [-0.3, -0.25) is 9.79 Å². The number of amides is 1. The number of carbonyl (C=O) groups excluding carboxylic acids is 1. The van der Waals surface area contributed by atoms with E-state index < -0.39 is 11.9 Å². The molecule has 0 aliphatic carbocycles. The maximum absolute atomic E-state index is 13.5. The molecule has 152 valence electrons. The number of rotatable bonds is 8.